The Balaban J connectivity index is 2.14. The van der Waals surface area contributed by atoms with Gasteiger partial charge < -0.3 is 10.0 Å². The first-order valence-electron chi connectivity index (χ1n) is 7.59. The van der Waals surface area contributed by atoms with E-state index in [1.807, 2.05) is 6.07 Å². The Morgan fingerprint density at radius 2 is 2.11 bits per heavy atom. The predicted molar refractivity (Wildman–Crippen MR) is 80.2 cm³/mol. The van der Waals surface area contributed by atoms with Gasteiger partial charge in [0.25, 0.3) is 0 Å². The Morgan fingerprint density at radius 1 is 1.37 bits per heavy atom. The Kier molecular flexibility index (Phi) is 5.00. The Labute approximate surface area is 117 Å². The van der Waals surface area contributed by atoms with Crippen LogP contribution in [-0.4, -0.2) is 29.6 Å². The fourth-order valence-electron chi connectivity index (χ4n) is 3.13. The van der Waals surface area contributed by atoms with E-state index in [-0.39, 0.29) is 12.1 Å². The SMILES string of the molecule is CCC(C)CN(C)C1CCCc2ccccc2C1O. The van der Waals surface area contributed by atoms with E-state index in [1.54, 1.807) is 0 Å². The van der Waals surface area contributed by atoms with Gasteiger partial charge in [-0.1, -0.05) is 44.5 Å². The Morgan fingerprint density at radius 3 is 2.84 bits per heavy atom. The van der Waals surface area contributed by atoms with Gasteiger partial charge in [-0.2, -0.15) is 0 Å². The lowest BCUT2D eigenvalue weighted by Crippen LogP contribution is -2.39. The number of aliphatic hydroxyl groups excluding tert-OH is 1. The summed E-state index contributed by atoms with van der Waals surface area (Å²) < 4.78 is 0. The third-order valence-corrected chi connectivity index (χ3v) is 4.55. The van der Waals surface area contributed by atoms with Gasteiger partial charge in [-0.15, -0.1) is 0 Å². The van der Waals surface area contributed by atoms with Crippen LogP contribution in [-0.2, 0) is 6.42 Å². The van der Waals surface area contributed by atoms with Crippen LogP contribution in [0.1, 0.15) is 50.3 Å². The molecule has 2 heteroatoms. The zero-order chi connectivity index (χ0) is 13.8. The number of fused-ring (bicyclic) bond motifs is 1. The first kappa shape index (κ1) is 14.5. The van der Waals surface area contributed by atoms with Crippen molar-refractivity contribution in [1.29, 1.82) is 0 Å². The summed E-state index contributed by atoms with van der Waals surface area (Å²) >= 11 is 0. The summed E-state index contributed by atoms with van der Waals surface area (Å²) in [6.07, 6.45) is 4.21. The largest absolute Gasteiger partial charge is 0.387 e. The lowest BCUT2D eigenvalue weighted by Gasteiger charge is -2.33. The molecule has 1 aliphatic rings. The number of aryl methyl sites for hydroxylation is 1. The van der Waals surface area contributed by atoms with E-state index in [0.29, 0.717) is 5.92 Å². The fourth-order valence-corrected chi connectivity index (χ4v) is 3.13. The topological polar surface area (TPSA) is 23.5 Å². The standard InChI is InChI=1S/C17H27NO/c1-4-13(2)12-18(3)16-11-7-9-14-8-5-6-10-15(14)17(16)19/h5-6,8,10,13,16-17,19H,4,7,9,11-12H2,1-3H3. The lowest BCUT2D eigenvalue weighted by atomic mass is 9.97. The van der Waals surface area contributed by atoms with Gasteiger partial charge in [0.2, 0.25) is 0 Å². The molecule has 1 aliphatic carbocycles. The predicted octanol–water partition coefficient (Wildman–Crippen LogP) is 3.40. The minimum absolute atomic E-state index is 0.262. The van der Waals surface area contributed by atoms with E-state index in [0.717, 1.165) is 24.9 Å². The van der Waals surface area contributed by atoms with Crippen molar-refractivity contribution < 1.29 is 5.11 Å². The molecule has 0 aliphatic heterocycles. The highest BCUT2D eigenvalue weighted by Crippen LogP contribution is 2.31. The van der Waals surface area contributed by atoms with Gasteiger partial charge in [-0.05, 0) is 43.4 Å². The second-order valence-corrected chi connectivity index (χ2v) is 6.06. The van der Waals surface area contributed by atoms with E-state index in [2.05, 4.69) is 44.0 Å². The van der Waals surface area contributed by atoms with Crippen LogP contribution >= 0.6 is 0 Å². The number of hydrogen-bond donors (Lipinski definition) is 1. The second kappa shape index (κ2) is 6.53. The molecule has 1 aromatic rings. The van der Waals surface area contributed by atoms with Crippen LogP contribution in [0.25, 0.3) is 0 Å². The minimum atomic E-state index is -0.340. The molecule has 0 radical (unpaired) electrons. The van der Waals surface area contributed by atoms with Crippen molar-refractivity contribution in [3.05, 3.63) is 35.4 Å². The van der Waals surface area contributed by atoms with Crippen molar-refractivity contribution >= 4 is 0 Å². The molecule has 0 fully saturated rings. The zero-order valence-corrected chi connectivity index (χ0v) is 12.5. The van der Waals surface area contributed by atoms with Crippen LogP contribution in [0, 0.1) is 5.92 Å². The molecule has 19 heavy (non-hydrogen) atoms. The first-order valence-corrected chi connectivity index (χ1v) is 7.59. The van der Waals surface area contributed by atoms with Crippen molar-refractivity contribution in [2.45, 2.75) is 51.7 Å². The summed E-state index contributed by atoms with van der Waals surface area (Å²) in [5.74, 6) is 0.690. The van der Waals surface area contributed by atoms with Gasteiger partial charge >= 0.3 is 0 Å². The summed E-state index contributed by atoms with van der Waals surface area (Å²) in [5, 5.41) is 10.7. The highest BCUT2D eigenvalue weighted by Gasteiger charge is 2.29. The maximum atomic E-state index is 10.7. The van der Waals surface area contributed by atoms with Crippen LogP contribution in [0.5, 0.6) is 0 Å². The van der Waals surface area contributed by atoms with Gasteiger partial charge in [0.15, 0.2) is 0 Å². The molecular formula is C17H27NO. The smallest absolute Gasteiger partial charge is 0.0947 e. The highest BCUT2D eigenvalue weighted by molar-refractivity contribution is 5.31. The second-order valence-electron chi connectivity index (χ2n) is 6.06. The monoisotopic (exact) mass is 261 g/mol. The quantitative estimate of drug-likeness (QED) is 0.840. The minimum Gasteiger partial charge on any atom is -0.387 e. The summed E-state index contributed by atoms with van der Waals surface area (Å²) in [5.41, 5.74) is 2.47. The molecule has 0 heterocycles. The van der Waals surface area contributed by atoms with Crippen LogP contribution in [0.15, 0.2) is 24.3 Å². The average molecular weight is 261 g/mol. The van der Waals surface area contributed by atoms with Crippen molar-refractivity contribution in [3.63, 3.8) is 0 Å². The van der Waals surface area contributed by atoms with Gasteiger partial charge in [0, 0.05) is 12.6 Å². The van der Waals surface area contributed by atoms with E-state index in [4.69, 9.17) is 0 Å². The van der Waals surface area contributed by atoms with Crippen molar-refractivity contribution in [1.82, 2.24) is 4.90 Å². The molecule has 2 nitrogen and oxygen atoms in total. The fraction of sp³-hybridized carbons (Fsp3) is 0.647. The average Bonchev–Trinajstić information content (AvgIpc) is 2.58. The molecule has 3 unspecified atom stereocenters. The van der Waals surface area contributed by atoms with E-state index < -0.39 is 0 Å². The molecular weight excluding hydrogens is 234 g/mol. The van der Waals surface area contributed by atoms with Gasteiger partial charge in [0.1, 0.15) is 0 Å². The highest BCUT2D eigenvalue weighted by atomic mass is 16.3. The number of hydrogen-bond acceptors (Lipinski definition) is 2. The van der Waals surface area contributed by atoms with Crippen molar-refractivity contribution in [2.24, 2.45) is 5.92 Å². The van der Waals surface area contributed by atoms with E-state index >= 15 is 0 Å². The summed E-state index contributed by atoms with van der Waals surface area (Å²) in [7, 11) is 2.16. The Hall–Kier alpha value is -0.860. The third kappa shape index (κ3) is 3.37. The first-order chi connectivity index (χ1) is 9.13. The van der Waals surface area contributed by atoms with Gasteiger partial charge in [-0.3, -0.25) is 0 Å². The number of likely N-dealkylation sites (N-methyl/N-ethyl adjacent to an activating group) is 1. The number of rotatable bonds is 4. The molecule has 0 aromatic heterocycles. The van der Waals surface area contributed by atoms with Crippen LogP contribution in [0.2, 0.25) is 0 Å². The maximum Gasteiger partial charge on any atom is 0.0947 e. The Bertz CT molecular complexity index is 404. The number of aliphatic hydroxyl groups is 1. The van der Waals surface area contributed by atoms with Gasteiger partial charge in [-0.25, -0.2) is 0 Å². The summed E-state index contributed by atoms with van der Waals surface area (Å²) in [6.45, 7) is 5.59. The molecule has 2 rings (SSSR count). The molecule has 1 aromatic carbocycles. The molecule has 1 N–H and O–H groups in total. The van der Waals surface area contributed by atoms with E-state index in [1.165, 1.54) is 18.4 Å². The van der Waals surface area contributed by atoms with Crippen LogP contribution < -0.4 is 0 Å². The summed E-state index contributed by atoms with van der Waals surface area (Å²) in [6, 6.07) is 8.64. The molecule has 0 saturated heterocycles. The molecule has 0 saturated carbocycles. The number of nitrogens with zero attached hydrogens (tertiary/aromatic N) is 1. The van der Waals surface area contributed by atoms with E-state index in [9.17, 15) is 5.11 Å². The van der Waals surface area contributed by atoms with Crippen molar-refractivity contribution in [3.8, 4) is 0 Å². The van der Waals surface area contributed by atoms with Crippen LogP contribution in [0.4, 0.5) is 0 Å². The lowest BCUT2D eigenvalue weighted by molar-refractivity contribution is 0.0521. The maximum absolute atomic E-state index is 10.7. The molecule has 106 valence electrons. The third-order valence-electron chi connectivity index (χ3n) is 4.55. The molecule has 0 spiro atoms. The molecule has 0 bridgehead atoms. The molecule has 3 atom stereocenters. The van der Waals surface area contributed by atoms with Gasteiger partial charge in [0.05, 0.1) is 6.10 Å². The van der Waals surface area contributed by atoms with Crippen LogP contribution in [0.3, 0.4) is 0 Å². The normalized spacial score (nSPS) is 24.9. The summed E-state index contributed by atoms with van der Waals surface area (Å²) in [4.78, 5) is 2.36. The van der Waals surface area contributed by atoms with Crippen molar-refractivity contribution in [2.75, 3.05) is 13.6 Å². The zero-order valence-electron chi connectivity index (χ0n) is 12.5. The number of benzene rings is 1. The molecule has 0 amide bonds.